The van der Waals surface area contributed by atoms with Gasteiger partial charge >= 0.3 is 5.63 Å². The van der Waals surface area contributed by atoms with Crippen LogP contribution >= 0.6 is 0 Å². The Morgan fingerprint density at radius 3 is 2.84 bits per heavy atom. The molecule has 19 heavy (non-hydrogen) atoms. The van der Waals surface area contributed by atoms with Crippen LogP contribution < -0.4 is 10.4 Å². The summed E-state index contributed by atoms with van der Waals surface area (Å²) >= 11 is 0. The highest BCUT2D eigenvalue weighted by Crippen LogP contribution is 2.22. The second-order valence-electron chi connectivity index (χ2n) is 4.35. The fourth-order valence-corrected chi connectivity index (χ4v) is 1.90. The molecule has 100 valence electrons. The van der Waals surface area contributed by atoms with Crippen LogP contribution in [-0.4, -0.2) is 12.9 Å². The lowest BCUT2D eigenvalue weighted by atomic mass is 10.1. The number of unbranched alkanes of at least 4 members (excludes halogenated alkanes) is 2. The predicted molar refractivity (Wildman–Crippen MR) is 72.9 cm³/mol. The highest BCUT2D eigenvalue weighted by atomic mass is 16.5. The lowest BCUT2D eigenvalue weighted by molar-refractivity contribution is 0.112. The molecular weight excluding hydrogens is 244 g/mol. The summed E-state index contributed by atoms with van der Waals surface area (Å²) in [5, 5.41) is 0.600. The fourth-order valence-electron chi connectivity index (χ4n) is 1.90. The van der Waals surface area contributed by atoms with E-state index in [1.165, 1.54) is 6.07 Å². The Labute approximate surface area is 111 Å². The third-order valence-electron chi connectivity index (χ3n) is 2.89. The number of aldehydes is 1. The van der Waals surface area contributed by atoms with Gasteiger partial charge < -0.3 is 9.15 Å². The molecule has 0 spiro atoms. The van der Waals surface area contributed by atoms with Crippen LogP contribution in [0, 0.1) is 0 Å². The van der Waals surface area contributed by atoms with Gasteiger partial charge in [-0.3, -0.25) is 4.79 Å². The normalized spacial score (nSPS) is 10.6. The molecule has 1 aromatic heterocycles. The van der Waals surface area contributed by atoms with Crippen LogP contribution in [-0.2, 0) is 0 Å². The molecule has 0 amide bonds. The number of fused-ring (bicyclic) bond motifs is 1. The third-order valence-corrected chi connectivity index (χ3v) is 2.89. The van der Waals surface area contributed by atoms with E-state index in [1.807, 2.05) is 0 Å². The van der Waals surface area contributed by atoms with Crippen molar-refractivity contribution >= 4 is 17.3 Å². The zero-order valence-electron chi connectivity index (χ0n) is 10.8. The minimum absolute atomic E-state index is 0.324. The monoisotopic (exact) mass is 260 g/mol. The van der Waals surface area contributed by atoms with E-state index >= 15 is 0 Å². The lowest BCUT2D eigenvalue weighted by Crippen LogP contribution is -2.01. The summed E-state index contributed by atoms with van der Waals surface area (Å²) in [5.41, 5.74) is 0.201. The van der Waals surface area contributed by atoms with Crippen LogP contribution in [0.1, 0.15) is 36.5 Å². The second kappa shape index (κ2) is 6.18. The van der Waals surface area contributed by atoms with Gasteiger partial charge in [-0.15, -0.1) is 0 Å². The zero-order valence-corrected chi connectivity index (χ0v) is 10.8. The van der Waals surface area contributed by atoms with Gasteiger partial charge in [-0.2, -0.15) is 0 Å². The first-order valence-electron chi connectivity index (χ1n) is 6.40. The van der Waals surface area contributed by atoms with Crippen molar-refractivity contribution in [2.45, 2.75) is 26.2 Å². The highest BCUT2D eigenvalue weighted by molar-refractivity contribution is 5.95. The molecule has 0 N–H and O–H groups in total. The van der Waals surface area contributed by atoms with Crippen molar-refractivity contribution in [1.29, 1.82) is 0 Å². The molecule has 0 saturated heterocycles. The minimum Gasteiger partial charge on any atom is -0.494 e. The van der Waals surface area contributed by atoms with Gasteiger partial charge in [0.1, 0.15) is 11.3 Å². The van der Waals surface area contributed by atoms with Crippen molar-refractivity contribution in [2.24, 2.45) is 0 Å². The van der Waals surface area contributed by atoms with E-state index < -0.39 is 5.63 Å². The molecule has 0 saturated carbocycles. The van der Waals surface area contributed by atoms with E-state index in [1.54, 1.807) is 18.2 Å². The fraction of sp³-hybridized carbons (Fsp3) is 0.333. The van der Waals surface area contributed by atoms with Gasteiger partial charge in [0.05, 0.1) is 6.61 Å². The van der Waals surface area contributed by atoms with E-state index in [-0.39, 0.29) is 0 Å². The number of carbonyl (C=O) groups excluding carboxylic acids is 1. The zero-order chi connectivity index (χ0) is 13.7. The van der Waals surface area contributed by atoms with Gasteiger partial charge in [0.2, 0.25) is 0 Å². The molecule has 0 atom stereocenters. The molecule has 0 radical (unpaired) electrons. The van der Waals surface area contributed by atoms with Crippen LogP contribution in [0.4, 0.5) is 0 Å². The summed E-state index contributed by atoms with van der Waals surface area (Å²) < 4.78 is 10.6. The second-order valence-corrected chi connectivity index (χ2v) is 4.35. The van der Waals surface area contributed by atoms with Gasteiger partial charge in [-0.25, -0.2) is 4.79 Å². The Hall–Kier alpha value is -2.10. The molecule has 0 aliphatic heterocycles. The SMILES string of the molecule is CCCCCOc1ccc2oc(=O)cc(C=O)c2c1. The average Bonchev–Trinajstić information content (AvgIpc) is 2.43. The molecule has 0 aliphatic carbocycles. The van der Waals surface area contributed by atoms with Gasteiger partial charge in [0, 0.05) is 17.0 Å². The summed E-state index contributed by atoms with van der Waals surface area (Å²) in [4.78, 5) is 22.2. The molecule has 4 heteroatoms. The van der Waals surface area contributed by atoms with Crippen LogP contribution in [0.25, 0.3) is 11.0 Å². The molecule has 0 aliphatic rings. The summed E-state index contributed by atoms with van der Waals surface area (Å²) in [6.45, 7) is 2.78. The first kappa shape index (κ1) is 13.3. The minimum atomic E-state index is -0.522. The average molecular weight is 260 g/mol. The number of carbonyl (C=O) groups is 1. The molecule has 2 rings (SSSR count). The Kier molecular flexibility index (Phi) is 4.34. The van der Waals surface area contributed by atoms with Crippen molar-refractivity contribution in [3.8, 4) is 5.75 Å². The van der Waals surface area contributed by atoms with Gasteiger partial charge in [-0.05, 0) is 24.6 Å². The molecular formula is C15H16O4. The topological polar surface area (TPSA) is 56.5 Å². The molecule has 1 heterocycles. The van der Waals surface area contributed by atoms with E-state index in [0.717, 1.165) is 19.3 Å². The maximum Gasteiger partial charge on any atom is 0.336 e. The van der Waals surface area contributed by atoms with Crippen molar-refractivity contribution < 1.29 is 13.9 Å². The molecule has 0 bridgehead atoms. The van der Waals surface area contributed by atoms with Crippen molar-refractivity contribution in [1.82, 2.24) is 0 Å². The van der Waals surface area contributed by atoms with Crippen LogP contribution in [0.2, 0.25) is 0 Å². The number of rotatable bonds is 6. The quantitative estimate of drug-likeness (QED) is 0.454. The van der Waals surface area contributed by atoms with Gasteiger partial charge in [0.25, 0.3) is 0 Å². The van der Waals surface area contributed by atoms with Crippen molar-refractivity contribution in [3.63, 3.8) is 0 Å². The smallest absolute Gasteiger partial charge is 0.336 e. The summed E-state index contributed by atoms with van der Waals surface area (Å²) in [7, 11) is 0. The molecule has 0 unspecified atom stereocenters. The Morgan fingerprint density at radius 2 is 2.11 bits per heavy atom. The molecule has 2 aromatic rings. The summed E-state index contributed by atoms with van der Waals surface area (Å²) in [6.07, 6.45) is 3.92. The van der Waals surface area contributed by atoms with E-state index in [9.17, 15) is 9.59 Å². The molecule has 1 aromatic carbocycles. The van der Waals surface area contributed by atoms with E-state index in [4.69, 9.17) is 9.15 Å². The third kappa shape index (κ3) is 3.22. The maximum absolute atomic E-state index is 11.2. The maximum atomic E-state index is 11.2. The molecule has 0 fully saturated rings. The van der Waals surface area contributed by atoms with Gasteiger partial charge in [0.15, 0.2) is 6.29 Å². The summed E-state index contributed by atoms with van der Waals surface area (Å²) in [6, 6.07) is 6.31. The Balaban J connectivity index is 2.26. The Bertz CT molecular complexity index is 628. The lowest BCUT2D eigenvalue weighted by Gasteiger charge is -2.07. The predicted octanol–water partition coefficient (Wildman–Crippen LogP) is 3.17. The largest absolute Gasteiger partial charge is 0.494 e. The number of ether oxygens (including phenoxy) is 1. The number of hydrogen-bond acceptors (Lipinski definition) is 4. The first-order chi connectivity index (χ1) is 9.24. The Morgan fingerprint density at radius 1 is 1.26 bits per heavy atom. The van der Waals surface area contributed by atoms with Crippen LogP contribution in [0.15, 0.2) is 33.5 Å². The first-order valence-corrected chi connectivity index (χ1v) is 6.40. The van der Waals surface area contributed by atoms with Crippen LogP contribution in [0.5, 0.6) is 5.75 Å². The van der Waals surface area contributed by atoms with Crippen LogP contribution in [0.3, 0.4) is 0 Å². The van der Waals surface area contributed by atoms with E-state index in [2.05, 4.69) is 6.92 Å². The number of benzene rings is 1. The van der Waals surface area contributed by atoms with Crippen molar-refractivity contribution in [2.75, 3.05) is 6.61 Å². The standard InChI is InChI=1S/C15H16O4/c1-2-3-4-7-18-12-5-6-14-13(9-12)11(10-16)8-15(17)19-14/h5-6,8-10H,2-4,7H2,1H3. The molecule has 4 nitrogen and oxygen atoms in total. The highest BCUT2D eigenvalue weighted by Gasteiger charge is 2.06. The summed E-state index contributed by atoms with van der Waals surface area (Å²) in [5.74, 6) is 0.681. The van der Waals surface area contributed by atoms with Crippen molar-refractivity contribution in [3.05, 3.63) is 40.2 Å². The number of hydrogen-bond donors (Lipinski definition) is 0. The van der Waals surface area contributed by atoms with Gasteiger partial charge in [-0.1, -0.05) is 19.8 Å². The van der Waals surface area contributed by atoms with E-state index in [0.29, 0.717) is 35.2 Å².